The number of halogens is 3. The van der Waals surface area contributed by atoms with Crippen LogP contribution in [0.2, 0.25) is 0 Å². The van der Waals surface area contributed by atoms with Gasteiger partial charge in [-0.25, -0.2) is 13.1 Å². The third-order valence-corrected chi connectivity index (χ3v) is 5.35. The van der Waals surface area contributed by atoms with E-state index in [0.717, 1.165) is 23.5 Å². The highest BCUT2D eigenvalue weighted by atomic mass is 32.2. The number of carbonyl (C=O) groups excluding carboxylic acids is 1. The fraction of sp³-hybridized carbons (Fsp3) is 0.154. The molecule has 6 nitrogen and oxygen atoms in total. The maximum atomic E-state index is 12.0. The summed E-state index contributed by atoms with van der Waals surface area (Å²) >= 11 is 1.00. The molecule has 2 rings (SSSR count). The van der Waals surface area contributed by atoms with Crippen LogP contribution < -0.4 is 14.8 Å². The van der Waals surface area contributed by atoms with Crippen LogP contribution in [0.25, 0.3) is 0 Å². The highest BCUT2D eigenvalue weighted by molar-refractivity contribution is 7.91. The third kappa shape index (κ3) is 5.51. The summed E-state index contributed by atoms with van der Waals surface area (Å²) in [6.45, 7) is -0.513. The lowest BCUT2D eigenvalue weighted by Crippen LogP contribution is -2.32. The zero-order chi connectivity index (χ0) is 17.8. The maximum absolute atomic E-state index is 12.0. The van der Waals surface area contributed by atoms with Crippen LogP contribution in [0.3, 0.4) is 0 Å². The summed E-state index contributed by atoms with van der Waals surface area (Å²) in [5, 5.41) is 3.93. The summed E-state index contributed by atoms with van der Waals surface area (Å²) < 4.78 is 65.6. The molecule has 1 heterocycles. The number of sulfonamides is 1. The van der Waals surface area contributed by atoms with E-state index in [1.807, 2.05) is 0 Å². The van der Waals surface area contributed by atoms with Gasteiger partial charge in [-0.15, -0.1) is 24.5 Å². The minimum absolute atomic E-state index is 0.0731. The third-order valence-electron chi connectivity index (χ3n) is 2.55. The molecule has 0 saturated carbocycles. The maximum Gasteiger partial charge on any atom is 0.573 e. The average molecular weight is 380 g/mol. The molecule has 0 saturated heterocycles. The molecule has 11 heteroatoms. The molecule has 0 radical (unpaired) electrons. The summed E-state index contributed by atoms with van der Waals surface area (Å²) in [4.78, 5) is 11.7. The van der Waals surface area contributed by atoms with Gasteiger partial charge < -0.3 is 10.1 Å². The van der Waals surface area contributed by atoms with Crippen molar-refractivity contribution in [2.45, 2.75) is 10.6 Å². The van der Waals surface area contributed by atoms with Gasteiger partial charge in [0.2, 0.25) is 5.91 Å². The van der Waals surface area contributed by atoms with Gasteiger partial charge in [-0.05, 0) is 35.7 Å². The van der Waals surface area contributed by atoms with Crippen molar-refractivity contribution in [3.63, 3.8) is 0 Å². The first-order valence-corrected chi connectivity index (χ1v) is 8.71. The molecule has 24 heavy (non-hydrogen) atoms. The van der Waals surface area contributed by atoms with Gasteiger partial charge >= 0.3 is 6.36 Å². The molecule has 1 aromatic carbocycles. The molecule has 0 fully saturated rings. The summed E-state index contributed by atoms with van der Waals surface area (Å²) in [5.74, 6) is -1.10. The van der Waals surface area contributed by atoms with Gasteiger partial charge in [-0.1, -0.05) is 6.07 Å². The Balaban J connectivity index is 1.89. The van der Waals surface area contributed by atoms with Crippen molar-refractivity contribution >= 4 is 33.0 Å². The Labute approximate surface area is 139 Å². The minimum Gasteiger partial charge on any atom is -0.406 e. The first-order chi connectivity index (χ1) is 11.2. The highest BCUT2D eigenvalue weighted by Gasteiger charge is 2.30. The average Bonchev–Trinajstić information content (AvgIpc) is 3.01. The zero-order valence-corrected chi connectivity index (χ0v) is 13.5. The van der Waals surface area contributed by atoms with Gasteiger partial charge in [0.15, 0.2) is 0 Å². The van der Waals surface area contributed by atoms with Crippen molar-refractivity contribution in [2.75, 3.05) is 11.9 Å². The molecule has 0 aliphatic heterocycles. The van der Waals surface area contributed by atoms with Gasteiger partial charge in [0.25, 0.3) is 10.0 Å². The van der Waals surface area contributed by atoms with E-state index >= 15 is 0 Å². The number of anilines is 1. The van der Waals surface area contributed by atoms with Crippen LogP contribution in [0.1, 0.15) is 0 Å². The largest absolute Gasteiger partial charge is 0.573 e. The normalized spacial score (nSPS) is 12.0. The number of amides is 1. The van der Waals surface area contributed by atoms with Crippen molar-refractivity contribution in [2.24, 2.45) is 0 Å². The second-order valence-electron chi connectivity index (χ2n) is 4.38. The van der Waals surface area contributed by atoms with Crippen molar-refractivity contribution in [1.82, 2.24) is 4.72 Å². The molecule has 0 bridgehead atoms. The van der Waals surface area contributed by atoms with Crippen LogP contribution in [0.5, 0.6) is 5.75 Å². The summed E-state index contributed by atoms with van der Waals surface area (Å²) in [6, 6.07) is 7.41. The molecule has 0 unspecified atom stereocenters. The monoisotopic (exact) mass is 380 g/mol. The van der Waals surface area contributed by atoms with Gasteiger partial charge in [0.1, 0.15) is 9.96 Å². The fourth-order valence-corrected chi connectivity index (χ4v) is 3.61. The Bertz CT molecular complexity index is 788. The van der Waals surface area contributed by atoms with Crippen molar-refractivity contribution < 1.29 is 31.1 Å². The Kier molecular flexibility index (Phi) is 5.47. The van der Waals surface area contributed by atoms with E-state index < -0.39 is 34.6 Å². The molecule has 0 spiro atoms. The molecule has 2 aromatic rings. The van der Waals surface area contributed by atoms with E-state index in [9.17, 15) is 26.4 Å². The van der Waals surface area contributed by atoms with E-state index in [4.69, 9.17) is 0 Å². The van der Waals surface area contributed by atoms with Gasteiger partial charge in [0, 0.05) is 5.69 Å². The topological polar surface area (TPSA) is 84.5 Å². The Morgan fingerprint density at radius 1 is 1.17 bits per heavy atom. The molecule has 1 amide bonds. The summed E-state index contributed by atoms with van der Waals surface area (Å²) in [7, 11) is -3.77. The predicted octanol–water partition coefficient (Wildman–Crippen LogP) is 2.56. The van der Waals surface area contributed by atoms with Crippen molar-refractivity contribution in [3.8, 4) is 5.75 Å². The molecule has 0 aliphatic carbocycles. The van der Waals surface area contributed by atoms with Gasteiger partial charge in [-0.2, -0.15) is 0 Å². The van der Waals surface area contributed by atoms with Gasteiger partial charge in [-0.3, -0.25) is 4.79 Å². The van der Waals surface area contributed by atoms with Crippen LogP contribution in [-0.2, 0) is 14.8 Å². The highest BCUT2D eigenvalue weighted by Crippen LogP contribution is 2.23. The lowest BCUT2D eigenvalue weighted by atomic mass is 10.3. The van der Waals surface area contributed by atoms with E-state index in [2.05, 4.69) is 14.8 Å². The molecule has 2 N–H and O–H groups in total. The summed E-state index contributed by atoms with van der Waals surface area (Å²) in [6.07, 6.45) is -4.80. The Morgan fingerprint density at radius 2 is 1.83 bits per heavy atom. The molecule has 0 atom stereocenters. The minimum atomic E-state index is -4.80. The molecule has 0 aliphatic rings. The fourth-order valence-electron chi connectivity index (χ4n) is 1.59. The van der Waals surface area contributed by atoms with Crippen LogP contribution in [0.4, 0.5) is 18.9 Å². The lowest BCUT2D eigenvalue weighted by Gasteiger charge is -2.10. The van der Waals surface area contributed by atoms with Crippen LogP contribution >= 0.6 is 11.3 Å². The first kappa shape index (κ1) is 18.2. The number of carbonyl (C=O) groups is 1. The number of rotatable bonds is 6. The number of hydrogen-bond acceptors (Lipinski definition) is 5. The molecular formula is C13H11F3N2O4S2. The second-order valence-corrected chi connectivity index (χ2v) is 7.32. The van der Waals surface area contributed by atoms with Crippen molar-refractivity contribution in [3.05, 3.63) is 41.8 Å². The van der Waals surface area contributed by atoms with Crippen molar-refractivity contribution in [1.29, 1.82) is 0 Å². The van der Waals surface area contributed by atoms with E-state index in [0.29, 0.717) is 0 Å². The van der Waals surface area contributed by atoms with Gasteiger partial charge in [0.05, 0.1) is 6.54 Å². The number of nitrogens with one attached hydrogen (secondary N) is 2. The number of alkyl halides is 3. The second kappa shape index (κ2) is 7.20. The van der Waals surface area contributed by atoms with E-state index in [-0.39, 0.29) is 9.90 Å². The number of ether oxygens (including phenoxy) is 1. The lowest BCUT2D eigenvalue weighted by molar-refractivity contribution is -0.274. The summed E-state index contributed by atoms with van der Waals surface area (Å²) in [5.41, 5.74) is 0.199. The number of hydrogen-bond donors (Lipinski definition) is 2. The van der Waals surface area contributed by atoms with Crippen LogP contribution in [0, 0.1) is 0 Å². The molecule has 130 valence electrons. The predicted molar refractivity (Wildman–Crippen MR) is 81.3 cm³/mol. The number of benzene rings is 1. The Hall–Kier alpha value is -2.11. The van der Waals surface area contributed by atoms with E-state index in [1.54, 1.807) is 11.4 Å². The van der Waals surface area contributed by atoms with E-state index in [1.165, 1.54) is 18.2 Å². The van der Waals surface area contributed by atoms with Crippen LogP contribution in [-0.4, -0.2) is 27.2 Å². The smallest absolute Gasteiger partial charge is 0.406 e. The quantitative estimate of drug-likeness (QED) is 0.807. The zero-order valence-electron chi connectivity index (χ0n) is 11.8. The van der Waals surface area contributed by atoms with Crippen LogP contribution in [0.15, 0.2) is 46.0 Å². The number of thiophene rings is 1. The SMILES string of the molecule is O=C(CNS(=O)(=O)c1cccs1)Nc1ccc(OC(F)(F)F)cc1. The molecular weight excluding hydrogens is 369 g/mol. The Morgan fingerprint density at radius 3 is 2.38 bits per heavy atom. The molecule has 1 aromatic heterocycles. The standard InChI is InChI=1S/C13H11F3N2O4S2/c14-13(15,16)22-10-5-3-9(4-6-10)18-11(19)8-17-24(20,21)12-2-1-7-23-12/h1-7,17H,8H2,(H,18,19). The first-order valence-electron chi connectivity index (χ1n) is 6.34.